The monoisotopic (exact) mass is 158 g/mol. The number of hydrogen-bond donors (Lipinski definition) is 1. The zero-order chi connectivity index (χ0) is 8.01. The smallest absolute Gasteiger partial charge is 0.228 e. The van der Waals surface area contributed by atoms with Gasteiger partial charge in [0, 0.05) is 7.11 Å². The minimum absolute atomic E-state index is 0.114. The molecule has 2 heterocycles. The number of rotatable bonds is 1. The predicted molar refractivity (Wildman–Crippen MR) is 35.7 cm³/mol. The van der Waals surface area contributed by atoms with Crippen LogP contribution in [0.1, 0.15) is 0 Å². The quantitative estimate of drug-likeness (QED) is 0.529. The van der Waals surface area contributed by atoms with Gasteiger partial charge in [-0.15, -0.1) is 0 Å². The van der Waals surface area contributed by atoms with Gasteiger partial charge in [-0.25, -0.2) is 0 Å². The largest absolute Gasteiger partial charge is 0.464 e. The van der Waals surface area contributed by atoms with E-state index in [0.29, 0.717) is 5.76 Å². The maximum Gasteiger partial charge on any atom is 0.228 e. The Morgan fingerprint density at radius 2 is 2.36 bits per heavy atom. The van der Waals surface area contributed by atoms with Crippen LogP contribution < -0.4 is 0 Å². The van der Waals surface area contributed by atoms with Crippen LogP contribution in [0.5, 0.6) is 0 Å². The van der Waals surface area contributed by atoms with Crippen molar-refractivity contribution in [1.82, 2.24) is 0 Å². The van der Waals surface area contributed by atoms with E-state index < -0.39 is 12.4 Å². The molecule has 2 rings (SSSR count). The predicted octanol–water partition coefficient (Wildman–Crippen LogP) is -0.369. The minimum atomic E-state index is -0.685. The van der Waals surface area contributed by atoms with Crippen molar-refractivity contribution in [3.63, 3.8) is 0 Å². The van der Waals surface area contributed by atoms with E-state index in [-0.39, 0.29) is 12.2 Å². The maximum atomic E-state index is 9.38. The summed E-state index contributed by atoms with van der Waals surface area (Å²) in [5.41, 5.74) is 0. The molecule has 0 aliphatic carbocycles. The van der Waals surface area contributed by atoms with Gasteiger partial charge in [-0.3, -0.25) is 0 Å². The van der Waals surface area contributed by atoms with Gasteiger partial charge in [-0.1, -0.05) is 6.58 Å². The Morgan fingerprint density at radius 3 is 3.00 bits per heavy atom. The molecule has 2 saturated heterocycles. The molecule has 0 saturated carbocycles. The molecule has 0 aromatic carbocycles. The van der Waals surface area contributed by atoms with Gasteiger partial charge in [0.2, 0.25) is 6.29 Å². The van der Waals surface area contributed by atoms with Crippen LogP contribution in [0.15, 0.2) is 12.3 Å². The van der Waals surface area contributed by atoms with E-state index >= 15 is 0 Å². The van der Waals surface area contributed by atoms with Crippen molar-refractivity contribution >= 4 is 0 Å². The average Bonchev–Trinajstić information content (AvgIpc) is 2.75. The second kappa shape index (κ2) is 2.20. The summed E-state index contributed by atoms with van der Waals surface area (Å²) in [6, 6.07) is 0. The number of hydrogen-bond acceptors (Lipinski definition) is 4. The van der Waals surface area contributed by atoms with Crippen LogP contribution in [-0.2, 0) is 14.2 Å². The van der Waals surface area contributed by atoms with Crippen LogP contribution in [0.4, 0.5) is 0 Å². The van der Waals surface area contributed by atoms with E-state index in [0.717, 1.165) is 0 Å². The van der Waals surface area contributed by atoms with Gasteiger partial charge in [-0.2, -0.15) is 0 Å². The van der Waals surface area contributed by atoms with Crippen molar-refractivity contribution in [2.45, 2.75) is 24.6 Å². The molecule has 0 amide bonds. The number of fused-ring (bicyclic) bond motifs is 1. The highest BCUT2D eigenvalue weighted by molar-refractivity contribution is 5.13. The Labute approximate surface area is 64.4 Å². The molecule has 0 spiro atoms. The summed E-state index contributed by atoms with van der Waals surface area (Å²) in [6.45, 7) is 3.63. The van der Waals surface area contributed by atoms with Crippen molar-refractivity contribution in [1.29, 1.82) is 0 Å². The fourth-order valence-electron chi connectivity index (χ4n) is 1.27. The third-order valence-electron chi connectivity index (χ3n) is 1.96. The van der Waals surface area contributed by atoms with Crippen LogP contribution in [-0.4, -0.2) is 36.8 Å². The molecule has 0 aromatic heterocycles. The van der Waals surface area contributed by atoms with E-state index in [9.17, 15) is 5.11 Å². The number of aliphatic hydroxyl groups excluding tert-OH is 1. The van der Waals surface area contributed by atoms with Crippen LogP contribution >= 0.6 is 0 Å². The first-order chi connectivity index (χ1) is 5.24. The number of epoxide rings is 1. The first-order valence-corrected chi connectivity index (χ1v) is 3.46. The van der Waals surface area contributed by atoms with Gasteiger partial charge in [0.25, 0.3) is 0 Å². The zero-order valence-corrected chi connectivity index (χ0v) is 6.19. The molecule has 0 bridgehead atoms. The normalized spacial score (nSPS) is 48.0. The molecule has 62 valence electrons. The SMILES string of the molecule is C=C1OC(OC)[C@H](O)[C@@H]2O[C@H]12. The molecule has 2 fully saturated rings. The Kier molecular flexibility index (Phi) is 1.42. The van der Waals surface area contributed by atoms with Gasteiger partial charge in [0.1, 0.15) is 24.1 Å². The third-order valence-corrected chi connectivity index (χ3v) is 1.96. The number of methoxy groups -OCH3 is 1. The Morgan fingerprint density at radius 1 is 1.64 bits per heavy atom. The first-order valence-electron chi connectivity index (χ1n) is 3.46. The summed E-state index contributed by atoms with van der Waals surface area (Å²) < 4.78 is 15.0. The second-order valence-electron chi connectivity index (χ2n) is 2.70. The van der Waals surface area contributed by atoms with Crippen molar-refractivity contribution < 1.29 is 19.3 Å². The van der Waals surface area contributed by atoms with E-state index in [4.69, 9.17) is 14.2 Å². The topological polar surface area (TPSA) is 51.2 Å². The molecule has 2 aliphatic heterocycles. The van der Waals surface area contributed by atoms with Crippen molar-refractivity contribution in [3.8, 4) is 0 Å². The third kappa shape index (κ3) is 0.946. The average molecular weight is 158 g/mol. The van der Waals surface area contributed by atoms with Crippen molar-refractivity contribution in [3.05, 3.63) is 12.3 Å². The lowest BCUT2D eigenvalue weighted by Crippen LogP contribution is -2.40. The maximum absolute atomic E-state index is 9.38. The van der Waals surface area contributed by atoms with Crippen LogP contribution in [0.3, 0.4) is 0 Å². The van der Waals surface area contributed by atoms with E-state index in [1.807, 2.05) is 0 Å². The first kappa shape index (κ1) is 7.09. The number of ether oxygens (including phenoxy) is 3. The molecule has 1 N–H and O–H groups in total. The molecule has 1 unspecified atom stereocenters. The summed E-state index contributed by atoms with van der Waals surface area (Å²) in [7, 11) is 1.48. The van der Waals surface area contributed by atoms with Crippen molar-refractivity contribution in [2.75, 3.05) is 7.11 Å². The summed E-state index contributed by atoms with van der Waals surface area (Å²) >= 11 is 0. The molecule has 4 heteroatoms. The minimum Gasteiger partial charge on any atom is -0.464 e. The lowest BCUT2D eigenvalue weighted by molar-refractivity contribution is -0.169. The lowest BCUT2D eigenvalue weighted by atomic mass is 10.1. The Hall–Kier alpha value is -0.580. The van der Waals surface area contributed by atoms with Crippen LogP contribution in [0.25, 0.3) is 0 Å². The molecular weight excluding hydrogens is 148 g/mol. The summed E-state index contributed by atoms with van der Waals surface area (Å²) in [5.74, 6) is 0.548. The highest BCUT2D eigenvalue weighted by Crippen LogP contribution is 2.38. The molecule has 0 aromatic rings. The van der Waals surface area contributed by atoms with E-state index in [1.165, 1.54) is 7.11 Å². The standard InChI is InChI=1S/C7H10O4/c1-3-5-6(11-5)4(8)7(9-2)10-3/h4-8H,1H2,2H3/t4-,5-,6+,7?/m1/s1. The van der Waals surface area contributed by atoms with E-state index in [1.54, 1.807) is 0 Å². The number of aliphatic hydroxyl groups is 1. The van der Waals surface area contributed by atoms with Gasteiger partial charge in [0.05, 0.1) is 0 Å². The lowest BCUT2D eigenvalue weighted by Gasteiger charge is -2.25. The van der Waals surface area contributed by atoms with Gasteiger partial charge in [-0.05, 0) is 0 Å². The van der Waals surface area contributed by atoms with Crippen LogP contribution in [0, 0.1) is 0 Å². The second-order valence-corrected chi connectivity index (χ2v) is 2.70. The summed E-state index contributed by atoms with van der Waals surface area (Å²) in [5, 5.41) is 9.38. The van der Waals surface area contributed by atoms with Gasteiger partial charge in [0.15, 0.2) is 0 Å². The Bertz CT molecular complexity index is 191. The van der Waals surface area contributed by atoms with E-state index in [2.05, 4.69) is 6.58 Å². The highest BCUT2D eigenvalue weighted by atomic mass is 16.7. The summed E-state index contributed by atoms with van der Waals surface area (Å²) in [4.78, 5) is 0. The molecule has 11 heavy (non-hydrogen) atoms. The highest BCUT2D eigenvalue weighted by Gasteiger charge is 2.55. The zero-order valence-electron chi connectivity index (χ0n) is 6.19. The van der Waals surface area contributed by atoms with Crippen LogP contribution in [0.2, 0.25) is 0 Å². The Balaban J connectivity index is 2.08. The molecule has 2 aliphatic rings. The fourth-order valence-corrected chi connectivity index (χ4v) is 1.27. The van der Waals surface area contributed by atoms with Gasteiger partial charge < -0.3 is 19.3 Å². The summed E-state index contributed by atoms with van der Waals surface area (Å²) in [6.07, 6.45) is -1.58. The van der Waals surface area contributed by atoms with Gasteiger partial charge >= 0.3 is 0 Å². The fraction of sp³-hybridized carbons (Fsp3) is 0.714. The molecular formula is C7H10O4. The molecule has 4 atom stereocenters. The molecule has 0 radical (unpaired) electrons. The van der Waals surface area contributed by atoms with Crippen molar-refractivity contribution in [2.24, 2.45) is 0 Å². The molecule has 4 nitrogen and oxygen atoms in total.